The molecule has 0 bridgehead atoms. The number of aliphatic hydroxyl groups excluding tert-OH is 1. The van der Waals surface area contributed by atoms with Gasteiger partial charge in [0.2, 0.25) is 3.79 Å². The van der Waals surface area contributed by atoms with Crippen molar-refractivity contribution >= 4 is 34.8 Å². The molecule has 1 atom stereocenters. The minimum Gasteiger partial charge on any atom is -0.369 e. The van der Waals surface area contributed by atoms with Crippen molar-refractivity contribution in [2.45, 2.75) is 10.0 Å². The standard InChI is InChI=1S/C7H6Cl3NO2/c8-7(9,10)6(13)11-4-2-1-3-5(11)12/h1-4,6,13H. The average molecular weight is 242 g/mol. The van der Waals surface area contributed by atoms with Gasteiger partial charge in [0.25, 0.3) is 5.56 Å². The molecule has 0 saturated heterocycles. The number of rotatable bonds is 1. The van der Waals surface area contributed by atoms with Crippen LogP contribution in [0, 0.1) is 0 Å². The van der Waals surface area contributed by atoms with Gasteiger partial charge in [0.15, 0.2) is 6.23 Å². The van der Waals surface area contributed by atoms with E-state index < -0.39 is 15.6 Å². The number of halogens is 3. The molecular weight excluding hydrogens is 236 g/mol. The number of pyridine rings is 1. The van der Waals surface area contributed by atoms with Gasteiger partial charge in [-0.15, -0.1) is 0 Å². The highest BCUT2D eigenvalue weighted by molar-refractivity contribution is 6.67. The molecule has 3 nitrogen and oxygen atoms in total. The highest BCUT2D eigenvalue weighted by Gasteiger charge is 2.32. The van der Waals surface area contributed by atoms with E-state index in [0.29, 0.717) is 0 Å². The summed E-state index contributed by atoms with van der Waals surface area (Å²) in [5, 5.41) is 9.40. The van der Waals surface area contributed by atoms with E-state index in [1.54, 1.807) is 6.07 Å². The SMILES string of the molecule is O=c1ccccn1C(O)C(Cl)(Cl)Cl. The highest BCUT2D eigenvalue weighted by atomic mass is 35.6. The van der Waals surface area contributed by atoms with E-state index in [0.717, 1.165) is 4.57 Å². The molecule has 0 aliphatic heterocycles. The van der Waals surface area contributed by atoms with Crippen molar-refractivity contribution in [1.82, 2.24) is 4.57 Å². The largest absolute Gasteiger partial charge is 0.369 e. The Balaban J connectivity index is 3.10. The summed E-state index contributed by atoms with van der Waals surface area (Å²) in [5.74, 6) is 0. The molecule has 1 aromatic heterocycles. The first kappa shape index (κ1) is 10.9. The van der Waals surface area contributed by atoms with Crippen molar-refractivity contribution < 1.29 is 5.11 Å². The fourth-order valence-corrected chi connectivity index (χ4v) is 1.11. The Morgan fingerprint density at radius 1 is 1.38 bits per heavy atom. The van der Waals surface area contributed by atoms with Crippen LogP contribution in [0.2, 0.25) is 0 Å². The molecule has 0 spiro atoms. The smallest absolute Gasteiger partial charge is 0.252 e. The molecule has 1 N–H and O–H groups in total. The molecule has 1 heterocycles. The van der Waals surface area contributed by atoms with Crippen LogP contribution in [0.15, 0.2) is 29.2 Å². The Labute approximate surface area is 89.5 Å². The maximum atomic E-state index is 11.1. The molecule has 0 radical (unpaired) electrons. The number of hydrogen-bond acceptors (Lipinski definition) is 2. The first-order valence-electron chi connectivity index (χ1n) is 3.35. The predicted octanol–water partition coefficient (Wildman–Crippen LogP) is 1.71. The molecule has 1 unspecified atom stereocenters. The maximum absolute atomic E-state index is 11.1. The van der Waals surface area contributed by atoms with Crippen molar-refractivity contribution in [2.75, 3.05) is 0 Å². The van der Waals surface area contributed by atoms with E-state index in [1.807, 2.05) is 0 Å². The van der Waals surface area contributed by atoms with E-state index in [2.05, 4.69) is 0 Å². The second-order valence-corrected chi connectivity index (χ2v) is 4.73. The van der Waals surface area contributed by atoms with Crippen LogP contribution in [0.1, 0.15) is 6.23 Å². The maximum Gasteiger partial charge on any atom is 0.252 e. The normalized spacial score (nSPS) is 14.2. The first-order chi connectivity index (χ1) is 5.93. The zero-order chi connectivity index (χ0) is 10.1. The van der Waals surface area contributed by atoms with E-state index in [4.69, 9.17) is 34.8 Å². The summed E-state index contributed by atoms with van der Waals surface area (Å²) in [5.41, 5.74) is -0.429. The van der Waals surface area contributed by atoms with Gasteiger partial charge in [-0.1, -0.05) is 40.9 Å². The Morgan fingerprint density at radius 2 is 2.00 bits per heavy atom. The Morgan fingerprint density at radius 3 is 2.46 bits per heavy atom. The molecule has 6 heteroatoms. The summed E-state index contributed by atoms with van der Waals surface area (Å²) in [6.45, 7) is 0. The van der Waals surface area contributed by atoms with Gasteiger partial charge < -0.3 is 5.11 Å². The van der Waals surface area contributed by atoms with Crippen molar-refractivity contribution in [3.05, 3.63) is 34.7 Å². The molecule has 72 valence electrons. The number of aromatic nitrogens is 1. The predicted molar refractivity (Wildman–Crippen MR) is 52.2 cm³/mol. The van der Waals surface area contributed by atoms with Crippen LogP contribution in [-0.2, 0) is 0 Å². The van der Waals surface area contributed by atoms with E-state index in [1.165, 1.54) is 18.3 Å². The molecule has 0 amide bonds. The van der Waals surface area contributed by atoms with Gasteiger partial charge in [-0.2, -0.15) is 0 Å². The van der Waals surface area contributed by atoms with Gasteiger partial charge >= 0.3 is 0 Å². The van der Waals surface area contributed by atoms with Crippen molar-refractivity contribution in [3.63, 3.8) is 0 Å². The minimum absolute atomic E-state index is 0.429. The fraction of sp³-hybridized carbons (Fsp3) is 0.286. The number of alkyl halides is 3. The molecule has 0 fully saturated rings. The molecular formula is C7H6Cl3NO2. The lowest BCUT2D eigenvalue weighted by Crippen LogP contribution is -2.31. The summed E-state index contributed by atoms with van der Waals surface area (Å²) in [7, 11) is 0. The Hall–Kier alpha value is -0.220. The molecule has 0 aliphatic rings. The molecule has 0 saturated carbocycles. The van der Waals surface area contributed by atoms with Crippen LogP contribution in [-0.4, -0.2) is 13.5 Å². The molecule has 13 heavy (non-hydrogen) atoms. The summed E-state index contributed by atoms with van der Waals surface area (Å²) < 4.78 is -0.974. The van der Waals surface area contributed by atoms with Crippen LogP contribution in [0.5, 0.6) is 0 Å². The third kappa shape index (κ3) is 2.61. The summed E-state index contributed by atoms with van der Waals surface area (Å²) in [6.07, 6.45) is -0.138. The summed E-state index contributed by atoms with van der Waals surface area (Å²) in [6, 6.07) is 4.35. The monoisotopic (exact) mass is 241 g/mol. The van der Waals surface area contributed by atoms with Gasteiger partial charge in [-0.3, -0.25) is 9.36 Å². The lowest BCUT2D eigenvalue weighted by molar-refractivity contribution is 0.104. The number of hydrogen-bond donors (Lipinski definition) is 1. The van der Waals surface area contributed by atoms with Crippen LogP contribution in [0.4, 0.5) is 0 Å². The van der Waals surface area contributed by atoms with Crippen molar-refractivity contribution in [1.29, 1.82) is 0 Å². The highest BCUT2D eigenvalue weighted by Crippen LogP contribution is 2.35. The fourth-order valence-electron chi connectivity index (χ4n) is 0.800. The summed E-state index contributed by atoms with van der Waals surface area (Å²) >= 11 is 16.2. The van der Waals surface area contributed by atoms with Crippen LogP contribution < -0.4 is 5.56 Å². The van der Waals surface area contributed by atoms with Crippen LogP contribution in [0.3, 0.4) is 0 Å². The zero-order valence-electron chi connectivity index (χ0n) is 6.32. The average Bonchev–Trinajstić information content (AvgIpc) is 2.02. The lowest BCUT2D eigenvalue weighted by Gasteiger charge is -2.20. The van der Waals surface area contributed by atoms with Crippen molar-refractivity contribution in [2.24, 2.45) is 0 Å². The quantitative estimate of drug-likeness (QED) is 0.762. The minimum atomic E-state index is -1.91. The Kier molecular flexibility index (Phi) is 3.24. The van der Waals surface area contributed by atoms with Crippen LogP contribution >= 0.6 is 34.8 Å². The van der Waals surface area contributed by atoms with E-state index in [9.17, 15) is 9.90 Å². The lowest BCUT2D eigenvalue weighted by atomic mass is 10.4. The zero-order valence-corrected chi connectivity index (χ0v) is 8.59. The second kappa shape index (κ2) is 3.88. The molecule has 0 aromatic carbocycles. The van der Waals surface area contributed by atoms with Gasteiger partial charge in [-0.05, 0) is 6.07 Å². The second-order valence-electron chi connectivity index (χ2n) is 2.36. The third-order valence-corrected chi connectivity index (χ3v) is 1.99. The van der Waals surface area contributed by atoms with E-state index >= 15 is 0 Å². The Bertz CT molecular complexity index is 344. The summed E-state index contributed by atoms with van der Waals surface area (Å²) in [4.78, 5) is 11.1. The number of aliphatic hydroxyl groups is 1. The third-order valence-electron chi connectivity index (χ3n) is 1.41. The van der Waals surface area contributed by atoms with Crippen LogP contribution in [0.25, 0.3) is 0 Å². The first-order valence-corrected chi connectivity index (χ1v) is 4.48. The topological polar surface area (TPSA) is 42.2 Å². The van der Waals surface area contributed by atoms with E-state index in [-0.39, 0.29) is 0 Å². The van der Waals surface area contributed by atoms with Gasteiger partial charge in [0.1, 0.15) is 0 Å². The van der Waals surface area contributed by atoms with Crippen molar-refractivity contribution in [3.8, 4) is 0 Å². The molecule has 1 rings (SSSR count). The number of nitrogens with zero attached hydrogens (tertiary/aromatic N) is 1. The molecule has 0 aliphatic carbocycles. The van der Waals surface area contributed by atoms with Gasteiger partial charge in [-0.25, -0.2) is 0 Å². The van der Waals surface area contributed by atoms with Gasteiger partial charge in [0, 0.05) is 12.3 Å². The molecule has 1 aromatic rings. The van der Waals surface area contributed by atoms with Gasteiger partial charge in [0.05, 0.1) is 0 Å².